The third kappa shape index (κ3) is 6.62. The van der Waals surface area contributed by atoms with E-state index in [1.807, 2.05) is 24.3 Å². The molecule has 124 valence electrons. The van der Waals surface area contributed by atoms with E-state index in [4.69, 9.17) is 9.47 Å². The van der Waals surface area contributed by atoms with Gasteiger partial charge in [0.2, 0.25) is 0 Å². The molecule has 1 aromatic rings. The normalized spacial score (nSPS) is 23.2. The smallest absolute Gasteiger partial charge is 0.127 e. The van der Waals surface area contributed by atoms with Crippen molar-refractivity contribution in [1.82, 2.24) is 0 Å². The maximum atomic E-state index is 10.0. The third-order valence-electron chi connectivity index (χ3n) is 3.96. The van der Waals surface area contributed by atoms with Crippen molar-refractivity contribution in [1.29, 1.82) is 0 Å². The summed E-state index contributed by atoms with van der Waals surface area (Å²) in [5, 5.41) is 10.0. The lowest BCUT2D eigenvalue weighted by Gasteiger charge is -2.28. The SMILES string of the molecule is C[NH+]1CC[NH+](C[C@@H](O)COCCOc2ccc(Br)cc2)CC1. The minimum atomic E-state index is -0.388. The van der Waals surface area contributed by atoms with E-state index in [-0.39, 0.29) is 6.10 Å². The fourth-order valence-electron chi connectivity index (χ4n) is 2.60. The lowest BCUT2D eigenvalue weighted by atomic mass is 10.3. The number of halogens is 1. The first-order valence-electron chi connectivity index (χ1n) is 7.92. The molecule has 0 amide bonds. The molecule has 1 atom stereocenters. The molecule has 0 spiro atoms. The van der Waals surface area contributed by atoms with E-state index >= 15 is 0 Å². The van der Waals surface area contributed by atoms with Gasteiger partial charge in [-0.05, 0) is 24.3 Å². The highest BCUT2D eigenvalue weighted by Gasteiger charge is 2.22. The van der Waals surface area contributed by atoms with Crippen LogP contribution in [0.3, 0.4) is 0 Å². The van der Waals surface area contributed by atoms with Crippen LogP contribution in [0.2, 0.25) is 0 Å². The number of likely N-dealkylation sites (N-methyl/N-ethyl adjacent to an activating group) is 1. The van der Waals surface area contributed by atoms with Crippen LogP contribution in [0.25, 0.3) is 0 Å². The summed E-state index contributed by atoms with van der Waals surface area (Å²) < 4.78 is 12.1. The molecule has 0 aliphatic carbocycles. The average molecular weight is 375 g/mol. The molecule has 5 nitrogen and oxygen atoms in total. The van der Waals surface area contributed by atoms with E-state index in [0.717, 1.165) is 29.9 Å². The zero-order valence-electron chi connectivity index (χ0n) is 13.2. The van der Waals surface area contributed by atoms with Crippen LogP contribution in [0.1, 0.15) is 0 Å². The fourth-order valence-corrected chi connectivity index (χ4v) is 2.86. The van der Waals surface area contributed by atoms with Crippen molar-refractivity contribution < 1.29 is 24.4 Å². The minimum Gasteiger partial charge on any atom is -0.491 e. The Morgan fingerprint density at radius 3 is 2.50 bits per heavy atom. The van der Waals surface area contributed by atoms with Crippen molar-refractivity contribution in [2.45, 2.75) is 6.10 Å². The third-order valence-corrected chi connectivity index (χ3v) is 4.48. The van der Waals surface area contributed by atoms with E-state index in [0.29, 0.717) is 19.8 Å². The Bertz CT molecular complexity index is 422. The standard InChI is InChI=1S/C16H25BrN2O3/c1-18-6-8-19(9-7-18)12-15(20)13-21-10-11-22-16-4-2-14(17)3-5-16/h2-5,15,20H,6-13H2,1H3/p+2/t15-/m1/s1. The molecule has 1 aromatic carbocycles. The molecule has 2 rings (SSSR count). The molecule has 0 bridgehead atoms. The molecule has 0 aromatic heterocycles. The summed E-state index contributed by atoms with van der Waals surface area (Å²) in [6.45, 7) is 6.80. The molecular formula is C16H27BrN2O3+2. The second-order valence-electron chi connectivity index (χ2n) is 5.94. The highest BCUT2D eigenvalue weighted by Crippen LogP contribution is 2.15. The Balaban J connectivity index is 1.51. The lowest BCUT2D eigenvalue weighted by molar-refractivity contribution is -1.00. The minimum absolute atomic E-state index is 0.385. The number of hydrogen-bond donors (Lipinski definition) is 3. The number of benzene rings is 1. The summed E-state index contributed by atoms with van der Waals surface area (Å²) >= 11 is 3.39. The topological polar surface area (TPSA) is 47.6 Å². The predicted octanol–water partition coefficient (Wildman–Crippen LogP) is -1.38. The molecular weight excluding hydrogens is 348 g/mol. The number of ether oxygens (including phenoxy) is 2. The van der Waals surface area contributed by atoms with Crippen LogP contribution < -0.4 is 14.5 Å². The Hall–Kier alpha value is -0.660. The summed E-state index contributed by atoms with van der Waals surface area (Å²) in [6, 6.07) is 7.72. The summed E-state index contributed by atoms with van der Waals surface area (Å²) in [6.07, 6.45) is -0.388. The van der Waals surface area contributed by atoms with Gasteiger partial charge in [0, 0.05) is 4.47 Å². The first-order chi connectivity index (χ1) is 10.6. The van der Waals surface area contributed by atoms with Crippen LogP contribution in [0.15, 0.2) is 28.7 Å². The molecule has 3 N–H and O–H groups in total. The van der Waals surface area contributed by atoms with Gasteiger partial charge in [0.25, 0.3) is 0 Å². The Morgan fingerprint density at radius 2 is 1.82 bits per heavy atom. The summed E-state index contributed by atoms with van der Waals surface area (Å²) in [4.78, 5) is 3.06. The monoisotopic (exact) mass is 374 g/mol. The fraction of sp³-hybridized carbons (Fsp3) is 0.625. The number of aliphatic hydroxyl groups excluding tert-OH is 1. The van der Waals surface area contributed by atoms with Crippen molar-refractivity contribution in [2.75, 3.05) is 59.6 Å². The molecule has 0 radical (unpaired) electrons. The zero-order valence-corrected chi connectivity index (χ0v) is 14.8. The lowest BCUT2D eigenvalue weighted by Crippen LogP contribution is -3.27. The van der Waals surface area contributed by atoms with Gasteiger partial charge in [-0.2, -0.15) is 0 Å². The number of quaternary nitrogens is 2. The molecule has 1 aliphatic heterocycles. The molecule has 1 saturated heterocycles. The molecule has 1 heterocycles. The highest BCUT2D eigenvalue weighted by molar-refractivity contribution is 9.10. The van der Waals surface area contributed by atoms with Gasteiger partial charge in [0.15, 0.2) is 0 Å². The van der Waals surface area contributed by atoms with Gasteiger partial charge in [-0.1, -0.05) is 15.9 Å². The number of hydrogen-bond acceptors (Lipinski definition) is 3. The molecule has 22 heavy (non-hydrogen) atoms. The molecule has 6 heteroatoms. The summed E-state index contributed by atoms with van der Waals surface area (Å²) in [5.74, 6) is 0.830. The van der Waals surface area contributed by atoms with Gasteiger partial charge < -0.3 is 24.4 Å². The van der Waals surface area contributed by atoms with Crippen LogP contribution in [0.4, 0.5) is 0 Å². The van der Waals surface area contributed by atoms with E-state index < -0.39 is 0 Å². The summed E-state index contributed by atoms with van der Waals surface area (Å²) in [5.41, 5.74) is 0. The Morgan fingerprint density at radius 1 is 1.14 bits per heavy atom. The Labute approximate surface area is 140 Å². The van der Waals surface area contributed by atoms with E-state index in [2.05, 4.69) is 23.0 Å². The van der Waals surface area contributed by atoms with E-state index in [1.165, 1.54) is 18.0 Å². The van der Waals surface area contributed by atoms with Crippen LogP contribution in [-0.2, 0) is 4.74 Å². The van der Waals surface area contributed by atoms with Gasteiger partial charge in [-0.3, -0.25) is 0 Å². The van der Waals surface area contributed by atoms with Crippen LogP contribution in [0.5, 0.6) is 5.75 Å². The quantitative estimate of drug-likeness (QED) is 0.491. The maximum Gasteiger partial charge on any atom is 0.127 e. The van der Waals surface area contributed by atoms with Crippen molar-refractivity contribution in [3.8, 4) is 5.75 Å². The molecule has 1 aliphatic rings. The molecule has 0 unspecified atom stereocenters. The highest BCUT2D eigenvalue weighted by atomic mass is 79.9. The van der Waals surface area contributed by atoms with Gasteiger partial charge in [0.05, 0.1) is 20.3 Å². The van der Waals surface area contributed by atoms with Crippen molar-refractivity contribution in [3.63, 3.8) is 0 Å². The molecule has 0 saturated carbocycles. The van der Waals surface area contributed by atoms with Gasteiger partial charge in [0.1, 0.15) is 51.2 Å². The number of rotatable bonds is 8. The predicted molar refractivity (Wildman–Crippen MR) is 88.6 cm³/mol. The number of aliphatic hydroxyl groups is 1. The number of nitrogens with one attached hydrogen (secondary N) is 2. The van der Waals surface area contributed by atoms with E-state index in [1.54, 1.807) is 4.90 Å². The van der Waals surface area contributed by atoms with Crippen molar-refractivity contribution in [2.24, 2.45) is 0 Å². The maximum absolute atomic E-state index is 10.0. The van der Waals surface area contributed by atoms with Gasteiger partial charge in [-0.15, -0.1) is 0 Å². The van der Waals surface area contributed by atoms with Gasteiger partial charge >= 0.3 is 0 Å². The largest absolute Gasteiger partial charge is 0.491 e. The second-order valence-corrected chi connectivity index (χ2v) is 6.86. The first kappa shape index (κ1) is 17.7. The van der Waals surface area contributed by atoms with E-state index in [9.17, 15) is 5.11 Å². The zero-order chi connectivity index (χ0) is 15.8. The first-order valence-corrected chi connectivity index (χ1v) is 8.72. The Kier molecular flexibility index (Phi) is 7.62. The number of piperazine rings is 1. The molecule has 1 fully saturated rings. The second kappa shape index (κ2) is 9.47. The van der Waals surface area contributed by atoms with Crippen molar-refractivity contribution >= 4 is 15.9 Å². The van der Waals surface area contributed by atoms with Crippen molar-refractivity contribution in [3.05, 3.63) is 28.7 Å². The van der Waals surface area contributed by atoms with Crippen LogP contribution >= 0.6 is 15.9 Å². The van der Waals surface area contributed by atoms with Gasteiger partial charge in [-0.25, -0.2) is 0 Å². The van der Waals surface area contributed by atoms with Crippen LogP contribution in [-0.4, -0.2) is 70.8 Å². The average Bonchev–Trinajstić information content (AvgIpc) is 2.51. The summed E-state index contributed by atoms with van der Waals surface area (Å²) in [7, 11) is 2.22. The van der Waals surface area contributed by atoms with Crippen LogP contribution in [0, 0.1) is 0 Å².